The Hall–Kier alpha value is -2.70. The van der Waals surface area contributed by atoms with Gasteiger partial charge in [-0.15, -0.1) is 5.10 Å². The molecule has 0 N–H and O–H groups in total. The van der Waals surface area contributed by atoms with E-state index in [2.05, 4.69) is 10.1 Å². The molecule has 0 saturated carbocycles. The number of hydrogen-bond acceptors (Lipinski definition) is 4. The van der Waals surface area contributed by atoms with E-state index in [-0.39, 0.29) is 10.7 Å². The normalized spacial score (nSPS) is 11.7. The van der Waals surface area contributed by atoms with Crippen molar-refractivity contribution in [2.75, 3.05) is 0 Å². The summed E-state index contributed by atoms with van der Waals surface area (Å²) in [5.74, 6) is 0. The summed E-state index contributed by atoms with van der Waals surface area (Å²) in [5, 5.41) is 5.04. The van der Waals surface area contributed by atoms with Gasteiger partial charge >= 0.3 is 0 Å². The Bertz CT molecular complexity index is 1290. The predicted molar refractivity (Wildman–Crippen MR) is 96.5 cm³/mol. The second-order valence-corrected chi connectivity index (χ2v) is 6.71. The Morgan fingerprint density at radius 3 is 2.58 bits per heavy atom. The summed E-state index contributed by atoms with van der Waals surface area (Å²) < 4.78 is 4.15. The average molecular weight is 353 g/mol. The Labute approximate surface area is 144 Å². The van der Waals surface area contributed by atoms with Gasteiger partial charge in [-0.1, -0.05) is 53.3 Å². The predicted octanol–water partition coefficient (Wildman–Crippen LogP) is 3.90. The number of fused-ring (bicyclic) bond motifs is 4. The van der Waals surface area contributed by atoms with Gasteiger partial charge in [-0.25, -0.2) is 4.68 Å². The minimum Gasteiger partial charge on any atom is -0.268 e. The Kier molecular flexibility index (Phi) is 2.80. The van der Waals surface area contributed by atoms with Crippen LogP contribution in [0, 0.1) is 0 Å². The van der Waals surface area contributed by atoms with E-state index in [0.717, 1.165) is 15.9 Å². The van der Waals surface area contributed by atoms with E-state index in [0.29, 0.717) is 16.0 Å². The van der Waals surface area contributed by atoms with E-state index in [1.54, 1.807) is 9.08 Å². The van der Waals surface area contributed by atoms with Gasteiger partial charge in [-0.05, 0) is 24.3 Å². The van der Waals surface area contributed by atoms with Gasteiger partial charge in [-0.3, -0.25) is 9.20 Å². The molecule has 0 unspecified atom stereocenters. The van der Waals surface area contributed by atoms with Crippen molar-refractivity contribution < 1.29 is 0 Å². The molecule has 0 aliphatic carbocycles. The van der Waals surface area contributed by atoms with Crippen LogP contribution in [0.25, 0.3) is 31.9 Å². The first kappa shape index (κ1) is 13.7. The Morgan fingerprint density at radius 1 is 1.00 bits per heavy atom. The fourth-order valence-electron chi connectivity index (χ4n) is 2.84. The third-order valence-electron chi connectivity index (χ3n) is 3.93. The van der Waals surface area contributed by atoms with Gasteiger partial charge in [0.1, 0.15) is 10.5 Å². The largest absolute Gasteiger partial charge is 0.271 e. The molecule has 0 fully saturated rings. The maximum atomic E-state index is 13.0. The van der Waals surface area contributed by atoms with Crippen molar-refractivity contribution in [1.29, 1.82) is 0 Å². The van der Waals surface area contributed by atoms with Gasteiger partial charge in [0.05, 0.1) is 15.9 Å². The van der Waals surface area contributed by atoms with Crippen molar-refractivity contribution in [3.63, 3.8) is 0 Å². The fourth-order valence-corrected chi connectivity index (χ4v) is 4.15. The van der Waals surface area contributed by atoms with Gasteiger partial charge < -0.3 is 0 Å². The van der Waals surface area contributed by atoms with Crippen molar-refractivity contribution in [3.05, 3.63) is 70.1 Å². The summed E-state index contributed by atoms with van der Waals surface area (Å²) in [6.07, 6.45) is 0. The second-order valence-electron chi connectivity index (χ2n) is 5.34. The standard InChI is InChI=1S/C17H9ClN4OS/c18-14-13-15(20-22(14)10-6-2-1-3-7-10)19-17-21(16(13)23)11-8-4-5-9-12(11)24-17/h1-9H. The molecule has 0 radical (unpaired) electrons. The van der Waals surface area contributed by atoms with Crippen molar-refractivity contribution >= 4 is 49.1 Å². The first-order chi connectivity index (χ1) is 11.7. The quantitative estimate of drug-likeness (QED) is 0.459. The monoisotopic (exact) mass is 352 g/mol. The molecule has 0 aliphatic heterocycles. The molecule has 116 valence electrons. The molecule has 7 heteroatoms. The number of thiazole rings is 1. The zero-order chi connectivity index (χ0) is 16.3. The molecule has 5 aromatic rings. The molecule has 0 spiro atoms. The van der Waals surface area contributed by atoms with Crippen LogP contribution in [0.15, 0.2) is 59.4 Å². The minimum absolute atomic E-state index is 0.195. The lowest BCUT2D eigenvalue weighted by Gasteiger charge is -2.00. The lowest BCUT2D eigenvalue weighted by molar-refractivity contribution is 0.891. The third kappa shape index (κ3) is 1.78. The van der Waals surface area contributed by atoms with Gasteiger partial charge in [0.2, 0.25) is 0 Å². The molecule has 5 rings (SSSR count). The van der Waals surface area contributed by atoms with Gasteiger partial charge in [-0.2, -0.15) is 4.98 Å². The maximum absolute atomic E-state index is 13.0. The van der Waals surface area contributed by atoms with Crippen LogP contribution in [-0.2, 0) is 0 Å². The van der Waals surface area contributed by atoms with Crippen LogP contribution >= 0.6 is 22.9 Å². The first-order valence-electron chi connectivity index (χ1n) is 7.28. The first-order valence-corrected chi connectivity index (χ1v) is 8.47. The van der Waals surface area contributed by atoms with Gasteiger partial charge in [0, 0.05) is 0 Å². The zero-order valence-electron chi connectivity index (χ0n) is 12.2. The van der Waals surface area contributed by atoms with Gasteiger partial charge in [0.15, 0.2) is 10.6 Å². The highest BCUT2D eigenvalue weighted by molar-refractivity contribution is 7.23. The number of para-hydroxylation sites is 2. The zero-order valence-corrected chi connectivity index (χ0v) is 13.8. The topological polar surface area (TPSA) is 52.2 Å². The average Bonchev–Trinajstić information content (AvgIpc) is 3.14. The van der Waals surface area contributed by atoms with Crippen LogP contribution in [0.4, 0.5) is 0 Å². The van der Waals surface area contributed by atoms with Crippen LogP contribution in [0.2, 0.25) is 5.15 Å². The highest BCUT2D eigenvalue weighted by Gasteiger charge is 2.19. The number of hydrogen-bond donors (Lipinski definition) is 0. The number of halogens is 1. The van der Waals surface area contributed by atoms with E-state index in [9.17, 15) is 4.79 Å². The number of aromatic nitrogens is 4. The summed E-state index contributed by atoms with van der Waals surface area (Å²) in [7, 11) is 0. The number of benzene rings is 2. The number of rotatable bonds is 1. The third-order valence-corrected chi connectivity index (χ3v) is 5.30. The summed E-state index contributed by atoms with van der Waals surface area (Å²) in [6, 6.07) is 17.2. The molecule has 3 heterocycles. The van der Waals surface area contributed by atoms with Crippen LogP contribution in [-0.4, -0.2) is 19.2 Å². The van der Waals surface area contributed by atoms with Crippen LogP contribution in [0.5, 0.6) is 0 Å². The molecule has 0 amide bonds. The highest BCUT2D eigenvalue weighted by atomic mass is 35.5. The fraction of sp³-hybridized carbons (Fsp3) is 0. The van der Waals surface area contributed by atoms with Crippen LogP contribution in [0.3, 0.4) is 0 Å². The summed E-state index contributed by atoms with van der Waals surface area (Å²) >= 11 is 7.93. The second kappa shape index (κ2) is 4.90. The molecular weight excluding hydrogens is 344 g/mol. The molecule has 24 heavy (non-hydrogen) atoms. The lowest BCUT2D eigenvalue weighted by atomic mass is 10.3. The van der Waals surface area contributed by atoms with Crippen molar-refractivity contribution in [1.82, 2.24) is 19.2 Å². The van der Waals surface area contributed by atoms with Crippen molar-refractivity contribution in [2.24, 2.45) is 0 Å². The van der Waals surface area contributed by atoms with Crippen molar-refractivity contribution in [3.8, 4) is 5.69 Å². The molecule has 3 aromatic heterocycles. The van der Waals surface area contributed by atoms with E-state index >= 15 is 0 Å². The molecule has 5 nitrogen and oxygen atoms in total. The molecule has 0 bridgehead atoms. The van der Waals surface area contributed by atoms with E-state index in [4.69, 9.17) is 11.6 Å². The highest BCUT2D eigenvalue weighted by Crippen LogP contribution is 2.27. The molecular formula is C17H9ClN4OS. The Balaban J connectivity index is 1.94. The SMILES string of the molecule is O=c1c2c(Cl)n(-c3ccccc3)nc2nc2sc3ccccc3n12. The van der Waals surface area contributed by atoms with E-state index in [1.807, 2.05) is 54.6 Å². The van der Waals surface area contributed by atoms with E-state index < -0.39 is 0 Å². The minimum atomic E-state index is -0.195. The maximum Gasteiger partial charge on any atom is 0.271 e. The molecule has 2 aromatic carbocycles. The van der Waals surface area contributed by atoms with Crippen molar-refractivity contribution in [2.45, 2.75) is 0 Å². The smallest absolute Gasteiger partial charge is 0.268 e. The Morgan fingerprint density at radius 2 is 1.75 bits per heavy atom. The van der Waals surface area contributed by atoms with E-state index in [1.165, 1.54) is 11.3 Å². The van der Waals surface area contributed by atoms with Gasteiger partial charge in [0.25, 0.3) is 5.56 Å². The lowest BCUT2D eigenvalue weighted by Crippen LogP contribution is -2.13. The van der Waals surface area contributed by atoms with Crippen LogP contribution < -0.4 is 5.56 Å². The number of nitrogens with zero attached hydrogens (tertiary/aromatic N) is 4. The molecule has 0 aliphatic rings. The summed E-state index contributed by atoms with van der Waals surface area (Å²) in [6.45, 7) is 0. The molecule has 0 atom stereocenters. The summed E-state index contributed by atoms with van der Waals surface area (Å²) in [4.78, 5) is 18.2. The summed E-state index contributed by atoms with van der Waals surface area (Å²) in [5.41, 5.74) is 1.79. The molecule has 0 saturated heterocycles. The van der Waals surface area contributed by atoms with Crippen LogP contribution in [0.1, 0.15) is 0 Å².